The summed E-state index contributed by atoms with van der Waals surface area (Å²) in [6.45, 7) is 0.733. The van der Waals surface area contributed by atoms with Gasteiger partial charge in [0.05, 0.1) is 11.7 Å². The first-order chi connectivity index (χ1) is 11.1. The molecular weight excluding hydrogens is 330 g/mol. The lowest BCUT2D eigenvalue weighted by Crippen LogP contribution is -2.39. The molecule has 0 amide bonds. The monoisotopic (exact) mass is 346 g/mol. The van der Waals surface area contributed by atoms with Crippen LogP contribution in [-0.4, -0.2) is 23.4 Å². The van der Waals surface area contributed by atoms with Crippen LogP contribution in [-0.2, 0) is 0 Å². The Morgan fingerprint density at radius 1 is 1.09 bits per heavy atom. The Bertz CT molecular complexity index is 648. The lowest BCUT2D eigenvalue weighted by molar-refractivity contribution is -0.255. The van der Waals surface area contributed by atoms with Gasteiger partial charge in [-0.3, -0.25) is 10.9 Å². The maximum Gasteiger partial charge on any atom is 0.185 e. The van der Waals surface area contributed by atoms with Crippen LogP contribution in [0.5, 0.6) is 0 Å². The average Bonchev–Trinajstić information content (AvgIpc) is 2.58. The number of rotatable bonds is 7. The van der Waals surface area contributed by atoms with Crippen molar-refractivity contribution >= 4 is 40.7 Å². The second-order valence-corrected chi connectivity index (χ2v) is 6.11. The molecule has 0 aromatic heterocycles. The lowest BCUT2D eigenvalue weighted by atomic mass is 10.2. The Labute approximate surface area is 144 Å². The quantitative estimate of drug-likeness (QED) is 0.304. The third-order valence-corrected chi connectivity index (χ3v) is 4.10. The fourth-order valence-corrected chi connectivity index (χ4v) is 2.66. The van der Waals surface area contributed by atoms with E-state index in [1.54, 1.807) is 23.9 Å². The number of carboxylic acids is 1. The number of carbonyl (C=O) groups is 1. The van der Waals surface area contributed by atoms with Crippen molar-refractivity contribution in [3.8, 4) is 0 Å². The highest BCUT2D eigenvalue weighted by atomic mass is 32.2. The van der Waals surface area contributed by atoms with Crippen LogP contribution in [0, 0.1) is 0 Å². The van der Waals surface area contributed by atoms with Gasteiger partial charge >= 0.3 is 0 Å². The largest absolute Gasteiger partial charge is 0.545 e. The minimum atomic E-state index is -1.20. The molecule has 0 aliphatic carbocycles. The molecule has 0 bridgehead atoms. The number of benzene rings is 2. The van der Waals surface area contributed by atoms with Crippen LogP contribution in [0.2, 0.25) is 0 Å². The zero-order valence-corrected chi connectivity index (χ0v) is 13.9. The molecule has 2 aromatic rings. The van der Waals surface area contributed by atoms with Crippen molar-refractivity contribution in [3.05, 3.63) is 60.2 Å². The summed E-state index contributed by atoms with van der Waals surface area (Å²) in [5, 5.41) is 14.2. The first kappa shape index (κ1) is 17.1. The highest BCUT2D eigenvalue weighted by molar-refractivity contribution is 7.99. The van der Waals surface area contributed by atoms with Gasteiger partial charge in [-0.05, 0) is 42.0 Å². The van der Waals surface area contributed by atoms with Crippen molar-refractivity contribution in [1.29, 1.82) is 0 Å². The van der Waals surface area contributed by atoms with E-state index in [0.29, 0.717) is 10.8 Å². The van der Waals surface area contributed by atoms with Crippen LogP contribution in [0.15, 0.2) is 59.5 Å². The van der Waals surface area contributed by atoms with E-state index in [0.717, 1.165) is 12.3 Å². The first-order valence-corrected chi connectivity index (χ1v) is 8.33. The normalized spacial score (nSPS) is 9.91. The van der Waals surface area contributed by atoms with Crippen molar-refractivity contribution in [2.45, 2.75) is 4.90 Å². The van der Waals surface area contributed by atoms with Crippen molar-refractivity contribution in [3.63, 3.8) is 0 Å². The molecule has 0 heterocycles. The third kappa shape index (κ3) is 6.17. The molecule has 0 aliphatic heterocycles. The summed E-state index contributed by atoms with van der Waals surface area (Å²) in [5.41, 5.74) is 6.58. The number of thiocarbonyl (C=S) groups is 1. The van der Waals surface area contributed by atoms with E-state index in [1.165, 1.54) is 17.0 Å². The smallest absolute Gasteiger partial charge is 0.185 e. The topological polar surface area (TPSA) is 76.2 Å². The fourth-order valence-electron chi connectivity index (χ4n) is 1.71. The molecule has 0 unspecified atom stereocenters. The van der Waals surface area contributed by atoms with Gasteiger partial charge in [0, 0.05) is 17.2 Å². The zero-order valence-electron chi connectivity index (χ0n) is 12.2. The maximum absolute atomic E-state index is 10.6. The summed E-state index contributed by atoms with van der Waals surface area (Å²) in [6.07, 6.45) is 0. The number of carboxylic acid groups (broad SMARTS) is 1. The number of hydrogen-bond acceptors (Lipinski definition) is 5. The minimum absolute atomic E-state index is 0.134. The van der Waals surface area contributed by atoms with Crippen LogP contribution in [0.25, 0.3) is 0 Å². The number of hydrazine groups is 1. The molecule has 0 fully saturated rings. The molecule has 0 saturated heterocycles. The van der Waals surface area contributed by atoms with Crippen molar-refractivity contribution in [2.24, 2.45) is 0 Å². The zero-order chi connectivity index (χ0) is 16.5. The molecule has 23 heavy (non-hydrogen) atoms. The number of hydrogen-bond donors (Lipinski definition) is 3. The Kier molecular flexibility index (Phi) is 6.71. The predicted octanol–water partition coefficient (Wildman–Crippen LogP) is 1.63. The average molecular weight is 346 g/mol. The van der Waals surface area contributed by atoms with Gasteiger partial charge in [0.25, 0.3) is 0 Å². The maximum atomic E-state index is 10.6. The van der Waals surface area contributed by atoms with E-state index in [-0.39, 0.29) is 5.56 Å². The van der Waals surface area contributed by atoms with E-state index >= 15 is 0 Å². The Hall–Kier alpha value is -2.25. The Morgan fingerprint density at radius 3 is 2.43 bits per heavy atom. The molecule has 0 saturated carbocycles. The van der Waals surface area contributed by atoms with Gasteiger partial charge in [-0.15, -0.1) is 11.8 Å². The molecule has 3 N–H and O–H groups in total. The summed E-state index contributed by atoms with van der Waals surface area (Å²) < 4.78 is 0. The molecule has 7 heteroatoms. The summed E-state index contributed by atoms with van der Waals surface area (Å²) in [7, 11) is 0. The number of nitrogens with one attached hydrogen (secondary N) is 3. The van der Waals surface area contributed by atoms with E-state index in [2.05, 4.69) is 28.3 Å². The van der Waals surface area contributed by atoms with Gasteiger partial charge in [-0.1, -0.05) is 30.3 Å². The number of anilines is 1. The van der Waals surface area contributed by atoms with Crippen molar-refractivity contribution in [2.75, 3.05) is 17.7 Å². The van der Waals surface area contributed by atoms with Crippen LogP contribution in [0.4, 0.5) is 5.69 Å². The molecule has 0 radical (unpaired) electrons. The third-order valence-electron chi connectivity index (χ3n) is 2.84. The van der Waals surface area contributed by atoms with Crippen LogP contribution in [0.3, 0.4) is 0 Å². The van der Waals surface area contributed by atoms with E-state index < -0.39 is 5.97 Å². The molecule has 2 aromatic carbocycles. The van der Waals surface area contributed by atoms with Crippen LogP contribution >= 0.6 is 24.0 Å². The first-order valence-electron chi connectivity index (χ1n) is 6.94. The predicted molar refractivity (Wildman–Crippen MR) is 95.3 cm³/mol. The standard InChI is InChI=1S/C16H17N3O2S2/c20-15(21)12-6-8-13(9-7-12)18-19-16(22)17-10-11-23-14-4-2-1-3-5-14/h1-9,18H,10-11H2,(H,20,21)(H2,17,19,22)/p-1. The molecule has 2 rings (SSSR count). The lowest BCUT2D eigenvalue weighted by Gasteiger charge is -2.13. The second kappa shape index (κ2) is 9.02. The number of aromatic carboxylic acids is 1. The van der Waals surface area contributed by atoms with Crippen molar-refractivity contribution < 1.29 is 9.90 Å². The summed E-state index contributed by atoms with van der Waals surface area (Å²) >= 11 is 6.90. The minimum Gasteiger partial charge on any atom is -0.545 e. The van der Waals surface area contributed by atoms with Crippen LogP contribution in [0.1, 0.15) is 10.4 Å². The highest BCUT2D eigenvalue weighted by Gasteiger charge is 1.98. The molecule has 120 valence electrons. The number of carbonyl (C=O) groups excluding carboxylic acids is 1. The van der Waals surface area contributed by atoms with Gasteiger partial charge in [0.1, 0.15) is 0 Å². The Balaban J connectivity index is 1.64. The molecule has 0 atom stereocenters. The second-order valence-electron chi connectivity index (χ2n) is 4.53. The van der Waals surface area contributed by atoms with Gasteiger partial charge in [-0.2, -0.15) is 0 Å². The van der Waals surface area contributed by atoms with Gasteiger partial charge in [0.15, 0.2) is 5.11 Å². The molecule has 0 aliphatic rings. The van der Waals surface area contributed by atoms with Gasteiger partial charge in [-0.25, -0.2) is 0 Å². The van der Waals surface area contributed by atoms with Gasteiger partial charge in [0.2, 0.25) is 0 Å². The van der Waals surface area contributed by atoms with E-state index in [4.69, 9.17) is 12.2 Å². The summed E-state index contributed by atoms with van der Waals surface area (Å²) in [6, 6.07) is 16.3. The molecular formula is C16H16N3O2S2-. The van der Waals surface area contributed by atoms with Crippen molar-refractivity contribution in [1.82, 2.24) is 10.7 Å². The Morgan fingerprint density at radius 2 is 1.78 bits per heavy atom. The summed E-state index contributed by atoms with van der Waals surface area (Å²) in [5.74, 6) is -0.302. The van der Waals surface area contributed by atoms with E-state index in [9.17, 15) is 9.90 Å². The molecule has 5 nitrogen and oxygen atoms in total. The van der Waals surface area contributed by atoms with Crippen LogP contribution < -0.4 is 21.3 Å². The molecule has 0 spiro atoms. The highest BCUT2D eigenvalue weighted by Crippen LogP contribution is 2.15. The number of thioether (sulfide) groups is 1. The SMILES string of the molecule is O=C([O-])c1ccc(NNC(=S)NCCSc2ccccc2)cc1. The summed E-state index contributed by atoms with van der Waals surface area (Å²) in [4.78, 5) is 11.9. The fraction of sp³-hybridized carbons (Fsp3) is 0.125. The van der Waals surface area contributed by atoms with Gasteiger partial charge < -0.3 is 15.2 Å². The van der Waals surface area contributed by atoms with E-state index in [1.807, 2.05) is 18.2 Å².